The van der Waals surface area contributed by atoms with Gasteiger partial charge in [-0.3, -0.25) is 0 Å². The van der Waals surface area contributed by atoms with Gasteiger partial charge in [0.25, 0.3) is 0 Å². The van der Waals surface area contributed by atoms with Crippen LogP contribution in [0.1, 0.15) is 41.7 Å². The molecule has 6 heteroatoms. The highest BCUT2D eigenvalue weighted by atomic mass is 32.1. The van der Waals surface area contributed by atoms with E-state index in [9.17, 15) is 13.2 Å². The lowest BCUT2D eigenvalue weighted by Crippen LogP contribution is -2.29. The second-order valence-corrected chi connectivity index (χ2v) is 6.09. The largest absolute Gasteiger partial charge is 0.416 e. The van der Waals surface area contributed by atoms with Gasteiger partial charge in [0, 0.05) is 17.1 Å². The molecule has 2 rings (SSSR count). The number of nitrogens with zero attached hydrogens (tertiary/aromatic N) is 1. The predicted molar refractivity (Wildman–Crippen MR) is 78.4 cm³/mol. The normalized spacial score (nSPS) is 13.7. The molecule has 1 atom stereocenters. The van der Waals surface area contributed by atoms with Crippen molar-refractivity contribution in [3.63, 3.8) is 0 Å². The Morgan fingerprint density at radius 3 is 2.48 bits per heavy atom. The fourth-order valence-corrected chi connectivity index (χ4v) is 2.92. The van der Waals surface area contributed by atoms with E-state index in [0.717, 1.165) is 16.8 Å². The number of thiazole rings is 1. The second-order valence-electron chi connectivity index (χ2n) is 5.20. The summed E-state index contributed by atoms with van der Waals surface area (Å²) in [6, 6.07) is 5.22. The van der Waals surface area contributed by atoms with Crippen molar-refractivity contribution in [3.05, 3.63) is 51.5 Å². The maximum atomic E-state index is 12.9. The number of aryl methyl sites for hydroxylation is 1. The summed E-state index contributed by atoms with van der Waals surface area (Å²) in [5.74, 6) is 0. The quantitative estimate of drug-likeness (QED) is 0.895. The van der Waals surface area contributed by atoms with Crippen LogP contribution in [0.5, 0.6) is 0 Å². The average molecular weight is 314 g/mol. The predicted octanol–water partition coefficient (Wildman–Crippen LogP) is 4.56. The smallest absolute Gasteiger partial charge is 0.302 e. The van der Waals surface area contributed by atoms with Crippen molar-refractivity contribution in [2.45, 2.75) is 39.0 Å². The minimum Gasteiger partial charge on any atom is -0.302 e. The zero-order chi connectivity index (χ0) is 15.6. The van der Waals surface area contributed by atoms with Crippen LogP contribution in [0.25, 0.3) is 0 Å². The summed E-state index contributed by atoms with van der Waals surface area (Å²) in [7, 11) is 0. The highest BCUT2D eigenvalue weighted by molar-refractivity contribution is 7.09. The number of benzene rings is 1. The standard InChI is InChI=1S/C15H17F3N2S/c1-9(2)19-13(14-20-10(3)8-21-14)11-5-4-6-12(7-11)15(16,17)18/h4-9,13,19H,1-3H3. The summed E-state index contributed by atoms with van der Waals surface area (Å²) >= 11 is 1.45. The molecule has 0 radical (unpaired) electrons. The van der Waals surface area contributed by atoms with Crippen molar-refractivity contribution in [2.75, 3.05) is 0 Å². The lowest BCUT2D eigenvalue weighted by atomic mass is 10.0. The van der Waals surface area contributed by atoms with E-state index in [4.69, 9.17) is 0 Å². The first-order chi connectivity index (χ1) is 9.77. The summed E-state index contributed by atoms with van der Waals surface area (Å²) in [5, 5.41) is 5.96. The number of hydrogen-bond acceptors (Lipinski definition) is 3. The van der Waals surface area contributed by atoms with E-state index in [0.29, 0.717) is 5.56 Å². The third kappa shape index (κ3) is 4.04. The maximum Gasteiger partial charge on any atom is 0.416 e. The van der Waals surface area contributed by atoms with Gasteiger partial charge >= 0.3 is 6.18 Å². The molecule has 0 bridgehead atoms. The van der Waals surface area contributed by atoms with Gasteiger partial charge in [-0.2, -0.15) is 13.2 Å². The Hall–Kier alpha value is -1.40. The highest BCUT2D eigenvalue weighted by Crippen LogP contribution is 2.33. The number of rotatable bonds is 4. The molecule has 1 N–H and O–H groups in total. The zero-order valence-corrected chi connectivity index (χ0v) is 12.8. The first-order valence-electron chi connectivity index (χ1n) is 6.62. The fraction of sp³-hybridized carbons (Fsp3) is 0.400. The van der Waals surface area contributed by atoms with E-state index in [2.05, 4.69) is 10.3 Å². The number of aromatic nitrogens is 1. The van der Waals surface area contributed by atoms with E-state index in [-0.39, 0.29) is 12.1 Å². The number of halogens is 3. The van der Waals surface area contributed by atoms with Crippen molar-refractivity contribution >= 4 is 11.3 Å². The van der Waals surface area contributed by atoms with Crippen molar-refractivity contribution < 1.29 is 13.2 Å². The molecule has 2 nitrogen and oxygen atoms in total. The molecule has 0 saturated heterocycles. The minimum atomic E-state index is -4.34. The molecule has 0 aliphatic heterocycles. The van der Waals surface area contributed by atoms with Crippen LogP contribution in [0.2, 0.25) is 0 Å². The maximum absolute atomic E-state index is 12.9. The second kappa shape index (κ2) is 6.15. The topological polar surface area (TPSA) is 24.9 Å². The van der Waals surface area contributed by atoms with Gasteiger partial charge in [-0.1, -0.05) is 12.1 Å². The molecule has 0 spiro atoms. The van der Waals surface area contributed by atoms with E-state index in [1.807, 2.05) is 26.2 Å². The third-order valence-electron chi connectivity index (χ3n) is 2.93. The molecule has 1 heterocycles. The van der Waals surface area contributed by atoms with Crippen molar-refractivity contribution in [1.82, 2.24) is 10.3 Å². The highest BCUT2D eigenvalue weighted by Gasteiger charge is 2.31. The lowest BCUT2D eigenvalue weighted by molar-refractivity contribution is -0.137. The van der Waals surface area contributed by atoms with Crippen LogP contribution in [0.15, 0.2) is 29.6 Å². The molecule has 1 unspecified atom stereocenters. The summed E-state index contributed by atoms with van der Waals surface area (Å²) in [6.45, 7) is 5.79. The van der Waals surface area contributed by atoms with Crippen molar-refractivity contribution in [3.8, 4) is 0 Å². The summed E-state index contributed by atoms with van der Waals surface area (Å²) in [6.07, 6.45) is -4.34. The zero-order valence-electron chi connectivity index (χ0n) is 12.0. The molecule has 2 aromatic rings. The van der Waals surface area contributed by atoms with E-state index in [1.165, 1.54) is 23.5 Å². The van der Waals surface area contributed by atoms with Crippen molar-refractivity contribution in [1.29, 1.82) is 0 Å². The van der Waals surface area contributed by atoms with Gasteiger partial charge in [0.15, 0.2) is 0 Å². The van der Waals surface area contributed by atoms with E-state index < -0.39 is 11.7 Å². The minimum absolute atomic E-state index is 0.133. The van der Waals surface area contributed by atoms with Crippen LogP contribution in [-0.2, 0) is 6.18 Å². The van der Waals surface area contributed by atoms with Gasteiger partial charge in [-0.15, -0.1) is 11.3 Å². The molecule has 0 fully saturated rings. The molecule has 0 amide bonds. The average Bonchev–Trinajstić information content (AvgIpc) is 2.81. The Morgan fingerprint density at radius 2 is 1.95 bits per heavy atom. The Kier molecular flexibility index (Phi) is 4.68. The van der Waals surface area contributed by atoms with Crippen LogP contribution in [0.3, 0.4) is 0 Å². The van der Waals surface area contributed by atoms with Gasteiger partial charge in [-0.25, -0.2) is 4.98 Å². The van der Waals surface area contributed by atoms with E-state index >= 15 is 0 Å². The third-order valence-corrected chi connectivity index (χ3v) is 3.96. The van der Waals surface area contributed by atoms with E-state index in [1.54, 1.807) is 6.07 Å². The lowest BCUT2D eigenvalue weighted by Gasteiger charge is -2.21. The summed E-state index contributed by atoms with van der Waals surface area (Å²) in [4.78, 5) is 4.41. The number of alkyl halides is 3. The Bertz CT molecular complexity index is 605. The first-order valence-corrected chi connectivity index (χ1v) is 7.50. The Balaban J connectivity index is 2.42. The summed E-state index contributed by atoms with van der Waals surface area (Å²) in [5.41, 5.74) is 0.814. The molecule has 0 aliphatic carbocycles. The molecular weight excluding hydrogens is 297 g/mol. The molecule has 0 saturated carbocycles. The Labute approximate surface area is 126 Å². The van der Waals surface area contributed by atoms with Gasteiger partial charge in [0.05, 0.1) is 11.6 Å². The molecule has 21 heavy (non-hydrogen) atoms. The van der Waals surface area contributed by atoms with Crippen LogP contribution >= 0.6 is 11.3 Å². The Morgan fingerprint density at radius 1 is 1.24 bits per heavy atom. The van der Waals surface area contributed by atoms with Gasteiger partial charge < -0.3 is 5.32 Å². The fourth-order valence-electron chi connectivity index (χ4n) is 2.04. The van der Waals surface area contributed by atoms with Gasteiger partial charge in [0.2, 0.25) is 0 Å². The van der Waals surface area contributed by atoms with Crippen LogP contribution < -0.4 is 5.32 Å². The molecular formula is C15H17F3N2S. The number of nitrogens with one attached hydrogen (secondary N) is 1. The van der Waals surface area contributed by atoms with Gasteiger partial charge in [-0.05, 0) is 38.5 Å². The molecule has 114 valence electrons. The number of hydrogen-bond donors (Lipinski definition) is 1. The first kappa shape index (κ1) is 16.0. The van der Waals surface area contributed by atoms with Crippen LogP contribution in [-0.4, -0.2) is 11.0 Å². The summed E-state index contributed by atoms with van der Waals surface area (Å²) < 4.78 is 38.6. The van der Waals surface area contributed by atoms with Crippen molar-refractivity contribution in [2.24, 2.45) is 0 Å². The monoisotopic (exact) mass is 314 g/mol. The molecule has 1 aromatic carbocycles. The molecule has 1 aromatic heterocycles. The van der Waals surface area contributed by atoms with Crippen LogP contribution in [0.4, 0.5) is 13.2 Å². The van der Waals surface area contributed by atoms with Crippen LogP contribution in [0, 0.1) is 6.92 Å². The SMILES string of the molecule is Cc1csc(C(NC(C)C)c2cccc(C(F)(F)F)c2)n1. The molecule has 0 aliphatic rings. The van der Waals surface area contributed by atoms with Gasteiger partial charge in [0.1, 0.15) is 5.01 Å².